The van der Waals surface area contributed by atoms with Crippen molar-refractivity contribution in [3.8, 4) is 11.5 Å². The summed E-state index contributed by atoms with van der Waals surface area (Å²) in [6.45, 7) is 4.66. The molecule has 1 aromatic carbocycles. The van der Waals surface area contributed by atoms with Gasteiger partial charge in [-0.1, -0.05) is 0 Å². The minimum atomic E-state index is -0.338. The largest absolute Gasteiger partial charge is 0.493 e. The minimum Gasteiger partial charge on any atom is -0.493 e. The summed E-state index contributed by atoms with van der Waals surface area (Å²) in [5.41, 5.74) is 2.08. The van der Waals surface area contributed by atoms with E-state index in [2.05, 4.69) is 6.07 Å². The Hall–Kier alpha value is -1.79. The van der Waals surface area contributed by atoms with Gasteiger partial charge in [0.1, 0.15) is 6.61 Å². The molecule has 0 aromatic heterocycles. The van der Waals surface area contributed by atoms with Crippen LogP contribution in [0.15, 0.2) is 12.1 Å². The summed E-state index contributed by atoms with van der Waals surface area (Å²) in [7, 11) is 3.30. The van der Waals surface area contributed by atoms with E-state index >= 15 is 0 Å². The first-order valence-electron chi connectivity index (χ1n) is 8.88. The van der Waals surface area contributed by atoms with Crippen molar-refractivity contribution in [3.63, 3.8) is 0 Å². The van der Waals surface area contributed by atoms with Crippen LogP contribution in [0.3, 0.4) is 0 Å². The molecule has 6 nitrogen and oxygen atoms in total. The van der Waals surface area contributed by atoms with E-state index in [9.17, 15) is 4.79 Å². The van der Waals surface area contributed by atoms with E-state index < -0.39 is 0 Å². The van der Waals surface area contributed by atoms with Gasteiger partial charge in [-0.3, -0.25) is 4.79 Å². The highest BCUT2D eigenvalue weighted by molar-refractivity contribution is 5.77. The number of hydrogen-bond donors (Lipinski definition) is 0. The monoisotopic (exact) mass is 349 g/mol. The Balaban J connectivity index is 1.80. The Labute approximate surface area is 149 Å². The minimum absolute atomic E-state index is 0.0556. The van der Waals surface area contributed by atoms with Crippen LogP contribution < -0.4 is 9.47 Å². The molecule has 6 heteroatoms. The normalized spacial score (nSPS) is 18.8. The molecule has 138 valence electrons. The van der Waals surface area contributed by atoms with Crippen LogP contribution in [0.25, 0.3) is 0 Å². The Morgan fingerprint density at radius 2 is 1.88 bits per heavy atom. The molecule has 3 rings (SSSR count). The molecule has 2 heterocycles. The lowest BCUT2D eigenvalue weighted by Crippen LogP contribution is -2.49. The Morgan fingerprint density at radius 1 is 1.20 bits per heavy atom. The van der Waals surface area contributed by atoms with Crippen LogP contribution in [-0.2, 0) is 26.3 Å². The second-order valence-electron chi connectivity index (χ2n) is 6.48. The van der Waals surface area contributed by atoms with Crippen molar-refractivity contribution in [2.24, 2.45) is 0 Å². The van der Waals surface area contributed by atoms with E-state index in [-0.39, 0.29) is 18.1 Å². The highest BCUT2D eigenvalue weighted by Crippen LogP contribution is 2.45. The first-order valence-corrected chi connectivity index (χ1v) is 8.88. The van der Waals surface area contributed by atoms with Crippen LogP contribution in [0.1, 0.15) is 30.9 Å². The van der Waals surface area contributed by atoms with Crippen molar-refractivity contribution in [1.82, 2.24) is 4.90 Å². The van der Waals surface area contributed by atoms with Crippen molar-refractivity contribution in [2.75, 3.05) is 47.1 Å². The highest BCUT2D eigenvalue weighted by atomic mass is 16.5. The zero-order chi connectivity index (χ0) is 17.9. The molecule has 1 fully saturated rings. The number of carbonyl (C=O) groups excluding carboxylic acids is 1. The standard InChI is InChI=1S/C19H27NO5/c1-4-24-13-18(21)20-8-6-19(7-9-20)15-12-17(23-3)16(22-2)11-14(15)5-10-25-19/h11-12H,4-10,13H2,1-3H3. The number of nitrogens with zero attached hydrogens (tertiary/aromatic N) is 1. The molecular formula is C19H27NO5. The van der Waals surface area contributed by atoms with E-state index in [1.807, 2.05) is 17.9 Å². The van der Waals surface area contributed by atoms with E-state index in [0.29, 0.717) is 26.3 Å². The summed E-state index contributed by atoms with van der Waals surface area (Å²) in [6.07, 6.45) is 2.44. The molecule has 1 aromatic rings. The molecule has 0 saturated carbocycles. The fourth-order valence-corrected chi connectivity index (χ4v) is 3.80. The SMILES string of the molecule is CCOCC(=O)N1CCC2(CC1)OCCc1cc(OC)c(OC)cc12. The Kier molecular flexibility index (Phi) is 5.49. The predicted molar refractivity (Wildman–Crippen MR) is 93.2 cm³/mol. The summed E-state index contributed by atoms with van der Waals surface area (Å²) < 4.78 is 22.4. The summed E-state index contributed by atoms with van der Waals surface area (Å²) in [5, 5.41) is 0. The van der Waals surface area contributed by atoms with E-state index in [1.54, 1.807) is 14.2 Å². The lowest BCUT2D eigenvalue weighted by atomic mass is 9.79. The summed E-state index contributed by atoms with van der Waals surface area (Å²) in [6, 6.07) is 4.11. The van der Waals surface area contributed by atoms with Gasteiger partial charge in [0, 0.05) is 19.7 Å². The maximum Gasteiger partial charge on any atom is 0.248 e. The maximum atomic E-state index is 12.2. The third-order valence-corrected chi connectivity index (χ3v) is 5.20. The van der Waals surface area contributed by atoms with Crippen molar-refractivity contribution >= 4 is 5.91 Å². The van der Waals surface area contributed by atoms with Gasteiger partial charge in [-0.05, 0) is 49.4 Å². The molecule has 0 aliphatic carbocycles. The molecule has 25 heavy (non-hydrogen) atoms. The zero-order valence-corrected chi connectivity index (χ0v) is 15.3. The molecule has 2 aliphatic heterocycles. The van der Waals surface area contributed by atoms with Gasteiger partial charge in [-0.2, -0.15) is 0 Å². The molecule has 0 unspecified atom stereocenters. The van der Waals surface area contributed by atoms with Crippen LogP contribution in [0.5, 0.6) is 11.5 Å². The molecule has 0 atom stereocenters. The number of fused-ring (bicyclic) bond motifs is 2. The average molecular weight is 349 g/mol. The predicted octanol–water partition coefficient (Wildman–Crippen LogP) is 2.13. The molecule has 1 spiro atoms. The highest BCUT2D eigenvalue weighted by Gasteiger charge is 2.42. The van der Waals surface area contributed by atoms with Crippen molar-refractivity contribution in [1.29, 1.82) is 0 Å². The van der Waals surface area contributed by atoms with E-state index in [1.165, 1.54) is 11.1 Å². The third kappa shape index (κ3) is 3.46. The zero-order valence-electron chi connectivity index (χ0n) is 15.3. The van der Waals surface area contributed by atoms with Crippen molar-refractivity contribution in [2.45, 2.75) is 31.8 Å². The number of rotatable bonds is 5. The molecule has 2 aliphatic rings. The number of piperidine rings is 1. The topological polar surface area (TPSA) is 57.2 Å². The van der Waals surface area contributed by atoms with Crippen molar-refractivity contribution in [3.05, 3.63) is 23.3 Å². The smallest absolute Gasteiger partial charge is 0.248 e. The lowest BCUT2D eigenvalue weighted by molar-refractivity contribution is -0.145. The summed E-state index contributed by atoms with van der Waals surface area (Å²) >= 11 is 0. The number of ether oxygens (including phenoxy) is 4. The van der Waals surface area contributed by atoms with Gasteiger partial charge < -0.3 is 23.8 Å². The van der Waals surface area contributed by atoms with E-state index in [0.717, 1.165) is 30.8 Å². The second kappa shape index (κ2) is 7.62. The van der Waals surface area contributed by atoms with Crippen LogP contribution in [0.4, 0.5) is 0 Å². The fraction of sp³-hybridized carbons (Fsp3) is 0.632. The maximum absolute atomic E-state index is 12.2. The van der Waals surface area contributed by atoms with Gasteiger partial charge in [0.05, 0.1) is 26.4 Å². The summed E-state index contributed by atoms with van der Waals surface area (Å²) in [4.78, 5) is 14.1. The number of carbonyl (C=O) groups is 1. The third-order valence-electron chi connectivity index (χ3n) is 5.20. The second-order valence-corrected chi connectivity index (χ2v) is 6.48. The quantitative estimate of drug-likeness (QED) is 0.815. The van der Waals surface area contributed by atoms with Gasteiger partial charge in [0.2, 0.25) is 5.91 Å². The molecule has 0 bridgehead atoms. The van der Waals surface area contributed by atoms with Crippen LogP contribution in [-0.4, -0.2) is 57.9 Å². The Morgan fingerprint density at radius 3 is 2.52 bits per heavy atom. The van der Waals surface area contributed by atoms with Gasteiger partial charge >= 0.3 is 0 Å². The molecular weight excluding hydrogens is 322 g/mol. The molecule has 1 amide bonds. The van der Waals surface area contributed by atoms with Crippen LogP contribution in [0.2, 0.25) is 0 Å². The van der Waals surface area contributed by atoms with E-state index in [4.69, 9.17) is 18.9 Å². The number of benzene rings is 1. The molecule has 1 saturated heterocycles. The molecule has 0 radical (unpaired) electrons. The Bertz CT molecular complexity index is 622. The molecule has 0 N–H and O–H groups in total. The number of amides is 1. The van der Waals surface area contributed by atoms with Crippen molar-refractivity contribution < 1.29 is 23.7 Å². The average Bonchev–Trinajstić information content (AvgIpc) is 2.66. The van der Waals surface area contributed by atoms with Crippen LogP contribution >= 0.6 is 0 Å². The lowest BCUT2D eigenvalue weighted by Gasteiger charge is -2.45. The first-order chi connectivity index (χ1) is 12.1. The van der Waals surface area contributed by atoms with Gasteiger partial charge in [-0.15, -0.1) is 0 Å². The number of likely N-dealkylation sites (tertiary alicyclic amines) is 1. The fourth-order valence-electron chi connectivity index (χ4n) is 3.80. The van der Waals surface area contributed by atoms with Gasteiger partial charge in [-0.25, -0.2) is 0 Å². The van der Waals surface area contributed by atoms with Gasteiger partial charge in [0.25, 0.3) is 0 Å². The summed E-state index contributed by atoms with van der Waals surface area (Å²) in [5.74, 6) is 1.53. The number of hydrogen-bond acceptors (Lipinski definition) is 5. The number of methoxy groups -OCH3 is 2. The van der Waals surface area contributed by atoms with Crippen LogP contribution in [0, 0.1) is 0 Å². The van der Waals surface area contributed by atoms with Gasteiger partial charge in [0.15, 0.2) is 11.5 Å². The first kappa shape index (κ1) is 18.0.